The standard InChI is InChI=1S/C21H31N3O2/c1-16(2)14-24-18(12-17-6-4-3-5-7-17)13-21(20(24)26)8-10-23(11-9-21)15-19(22)25/h3-7,16,18H,8-15H2,1-2H3,(H2,22,25)/t18-/m1/s1. The fourth-order valence-electron chi connectivity index (χ4n) is 4.59. The van der Waals surface area contributed by atoms with Gasteiger partial charge in [0.05, 0.1) is 12.0 Å². The van der Waals surface area contributed by atoms with E-state index in [4.69, 9.17) is 5.73 Å². The Balaban J connectivity index is 1.74. The van der Waals surface area contributed by atoms with Gasteiger partial charge in [-0.2, -0.15) is 0 Å². The number of piperidine rings is 1. The van der Waals surface area contributed by atoms with E-state index in [2.05, 4.69) is 47.9 Å². The Labute approximate surface area is 156 Å². The first-order valence-electron chi connectivity index (χ1n) is 9.75. The predicted molar refractivity (Wildman–Crippen MR) is 102 cm³/mol. The van der Waals surface area contributed by atoms with E-state index >= 15 is 0 Å². The molecule has 2 N–H and O–H groups in total. The maximum Gasteiger partial charge on any atom is 0.231 e. The van der Waals surface area contributed by atoms with Gasteiger partial charge in [-0.3, -0.25) is 14.5 Å². The second-order valence-corrected chi connectivity index (χ2v) is 8.42. The summed E-state index contributed by atoms with van der Waals surface area (Å²) < 4.78 is 0. The van der Waals surface area contributed by atoms with Gasteiger partial charge in [-0.05, 0) is 50.3 Å². The Hall–Kier alpha value is -1.88. The van der Waals surface area contributed by atoms with Crippen LogP contribution in [0.5, 0.6) is 0 Å². The summed E-state index contributed by atoms with van der Waals surface area (Å²) in [5, 5.41) is 0. The lowest BCUT2D eigenvalue weighted by atomic mass is 9.75. The summed E-state index contributed by atoms with van der Waals surface area (Å²) in [5.41, 5.74) is 6.37. The van der Waals surface area contributed by atoms with Crippen molar-refractivity contribution in [2.75, 3.05) is 26.2 Å². The Morgan fingerprint density at radius 2 is 1.88 bits per heavy atom. The fourth-order valence-corrected chi connectivity index (χ4v) is 4.59. The van der Waals surface area contributed by atoms with Crippen LogP contribution in [0.15, 0.2) is 30.3 Å². The molecule has 2 aliphatic heterocycles. The number of likely N-dealkylation sites (tertiary alicyclic amines) is 2. The minimum atomic E-state index is -0.290. The molecule has 3 rings (SSSR count). The molecule has 2 saturated heterocycles. The van der Waals surface area contributed by atoms with Gasteiger partial charge in [-0.15, -0.1) is 0 Å². The largest absolute Gasteiger partial charge is 0.369 e. The summed E-state index contributed by atoms with van der Waals surface area (Å²) in [6.45, 7) is 7.03. The van der Waals surface area contributed by atoms with Crippen LogP contribution in [0.2, 0.25) is 0 Å². The van der Waals surface area contributed by atoms with Crippen LogP contribution in [0.3, 0.4) is 0 Å². The lowest BCUT2D eigenvalue weighted by molar-refractivity contribution is -0.139. The molecule has 0 saturated carbocycles. The third kappa shape index (κ3) is 4.09. The normalized spacial score (nSPS) is 23.1. The molecule has 2 aliphatic rings. The van der Waals surface area contributed by atoms with Crippen LogP contribution < -0.4 is 5.73 Å². The number of nitrogens with two attached hydrogens (primary N) is 1. The van der Waals surface area contributed by atoms with E-state index in [1.54, 1.807) is 0 Å². The number of nitrogens with zero attached hydrogens (tertiary/aromatic N) is 2. The van der Waals surface area contributed by atoms with Gasteiger partial charge in [-0.1, -0.05) is 44.2 Å². The Morgan fingerprint density at radius 1 is 1.23 bits per heavy atom. The van der Waals surface area contributed by atoms with Gasteiger partial charge in [0.1, 0.15) is 0 Å². The minimum absolute atomic E-state index is 0.248. The molecule has 0 unspecified atom stereocenters. The first-order valence-corrected chi connectivity index (χ1v) is 9.75. The summed E-state index contributed by atoms with van der Waals surface area (Å²) in [4.78, 5) is 28.8. The minimum Gasteiger partial charge on any atom is -0.369 e. The van der Waals surface area contributed by atoms with Crippen LogP contribution in [0, 0.1) is 11.3 Å². The van der Waals surface area contributed by atoms with Gasteiger partial charge in [0, 0.05) is 12.6 Å². The molecule has 5 heteroatoms. The van der Waals surface area contributed by atoms with Crippen molar-refractivity contribution in [2.45, 2.75) is 45.6 Å². The predicted octanol–water partition coefficient (Wildman–Crippen LogP) is 2.05. The van der Waals surface area contributed by atoms with E-state index in [0.717, 1.165) is 45.3 Å². The summed E-state index contributed by atoms with van der Waals surface area (Å²) in [6, 6.07) is 10.7. The molecule has 142 valence electrons. The number of carbonyl (C=O) groups is 2. The number of amides is 2. The number of benzene rings is 1. The highest BCUT2D eigenvalue weighted by atomic mass is 16.2. The van der Waals surface area contributed by atoms with Gasteiger partial charge in [0.15, 0.2) is 0 Å². The zero-order valence-corrected chi connectivity index (χ0v) is 16.0. The van der Waals surface area contributed by atoms with Crippen molar-refractivity contribution in [3.63, 3.8) is 0 Å². The summed E-state index contributed by atoms with van der Waals surface area (Å²) in [7, 11) is 0. The molecule has 5 nitrogen and oxygen atoms in total. The van der Waals surface area contributed by atoms with Crippen molar-refractivity contribution in [3.8, 4) is 0 Å². The lowest BCUT2D eigenvalue weighted by Gasteiger charge is -2.37. The lowest BCUT2D eigenvalue weighted by Crippen LogP contribution is -2.47. The van der Waals surface area contributed by atoms with Crippen molar-refractivity contribution < 1.29 is 9.59 Å². The number of rotatable bonds is 6. The first-order chi connectivity index (χ1) is 12.4. The van der Waals surface area contributed by atoms with Crippen molar-refractivity contribution in [1.29, 1.82) is 0 Å². The molecule has 1 aromatic rings. The molecule has 1 spiro atoms. The monoisotopic (exact) mass is 357 g/mol. The van der Waals surface area contributed by atoms with E-state index < -0.39 is 0 Å². The van der Waals surface area contributed by atoms with Gasteiger partial charge in [0.25, 0.3) is 0 Å². The van der Waals surface area contributed by atoms with Crippen LogP contribution in [0.1, 0.15) is 38.7 Å². The third-order valence-electron chi connectivity index (χ3n) is 5.85. The van der Waals surface area contributed by atoms with Crippen LogP contribution in [0.25, 0.3) is 0 Å². The Morgan fingerprint density at radius 3 is 2.46 bits per heavy atom. The highest BCUT2D eigenvalue weighted by molar-refractivity contribution is 5.85. The van der Waals surface area contributed by atoms with Crippen LogP contribution >= 0.6 is 0 Å². The molecule has 0 aromatic heterocycles. The quantitative estimate of drug-likeness (QED) is 0.847. The smallest absolute Gasteiger partial charge is 0.231 e. The molecule has 26 heavy (non-hydrogen) atoms. The van der Waals surface area contributed by atoms with Crippen LogP contribution in [0.4, 0.5) is 0 Å². The van der Waals surface area contributed by atoms with Crippen LogP contribution in [-0.4, -0.2) is 53.8 Å². The second-order valence-electron chi connectivity index (χ2n) is 8.42. The molecule has 0 bridgehead atoms. The molecule has 0 radical (unpaired) electrons. The highest BCUT2D eigenvalue weighted by Gasteiger charge is 2.52. The summed E-state index contributed by atoms with van der Waals surface area (Å²) in [6.07, 6.45) is 3.52. The number of hydrogen-bond donors (Lipinski definition) is 1. The Kier molecular flexibility index (Phi) is 5.66. The fraction of sp³-hybridized carbons (Fsp3) is 0.619. The van der Waals surface area contributed by atoms with Crippen molar-refractivity contribution >= 4 is 11.8 Å². The van der Waals surface area contributed by atoms with Crippen molar-refractivity contribution in [3.05, 3.63) is 35.9 Å². The van der Waals surface area contributed by atoms with E-state index in [9.17, 15) is 9.59 Å². The van der Waals surface area contributed by atoms with Gasteiger partial charge >= 0.3 is 0 Å². The van der Waals surface area contributed by atoms with E-state index in [1.807, 2.05) is 6.07 Å². The molecule has 1 atom stereocenters. The average Bonchev–Trinajstić information content (AvgIpc) is 2.83. The van der Waals surface area contributed by atoms with Gasteiger partial charge in [-0.25, -0.2) is 0 Å². The average molecular weight is 357 g/mol. The molecule has 2 fully saturated rings. The van der Waals surface area contributed by atoms with E-state index in [1.165, 1.54) is 5.56 Å². The van der Waals surface area contributed by atoms with Gasteiger partial charge in [0.2, 0.25) is 11.8 Å². The molecular weight excluding hydrogens is 326 g/mol. The topological polar surface area (TPSA) is 66.6 Å². The van der Waals surface area contributed by atoms with Crippen LogP contribution in [-0.2, 0) is 16.0 Å². The molecular formula is C21H31N3O2. The van der Waals surface area contributed by atoms with E-state index in [0.29, 0.717) is 18.4 Å². The zero-order valence-electron chi connectivity index (χ0n) is 16.0. The molecule has 1 aromatic carbocycles. The molecule has 2 heterocycles. The first kappa shape index (κ1) is 18.9. The summed E-state index contributed by atoms with van der Waals surface area (Å²) >= 11 is 0. The zero-order chi connectivity index (χ0) is 18.7. The van der Waals surface area contributed by atoms with Crippen molar-refractivity contribution in [1.82, 2.24) is 9.80 Å². The maximum atomic E-state index is 13.4. The third-order valence-corrected chi connectivity index (χ3v) is 5.85. The molecule has 2 amide bonds. The highest BCUT2D eigenvalue weighted by Crippen LogP contribution is 2.45. The maximum absolute atomic E-state index is 13.4. The SMILES string of the molecule is CC(C)CN1C(=O)C2(CCN(CC(N)=O)CC2)C[C@H]1Cc1ccccc1. The number of carbonyl (C=O) groups excluding carboxylic acids is 2. The molecule has 0 aliphatic carbocycles. The second kappa shape index (κ2) is 7.78. The van der Waals surface area contributed by atoms with Gasteiger partial charge < -0.3 is 10.6 Å². The van der Waals surface area contributed by atoms with E-state index in [-0.39, 0.29) is 17.4 Å². The van der Waals surface area contributed by atoms with Crippen molar-refractivity contribution in [2.24, 2.45) is 17.1 Å². The Bertz CT molecular complexity index is 636. The number of hydrogen-bond acceptors (Lipinski definition) is 3. The summed E-state index contributed by atoms with van der Waals surface area (Å²) in [5.74, 6) is 0.496. The number of primary amides is 1.